The summed E-state index contributed by atoms with van der Waals surface area (Å²) in [6, 6.07) is 7.97. The standard InChI is InChI=1S/C27H49NO10/c1-29-8-9-30-10-11-31-12-13-32-14-15-33-16-17-34-18-19-35-20-21-36-22-23-37-24-25-38-27-4-2-26(3-5-27)6-7-28/h2-5H,6-25,28H2,1H3. The predicted molar refractivity (Wildman–Crippen MR) is 143 cm³/mol. The smallest absolute Gasteiger partial charge is 0.119 e. The third kappa shape index (κ3) is 23.7. The van der Waals surface area contributed by atoms with Crippen molar-refractivity contribution in [2.45, 2.75) is 6.42 Å². The van der Waals surface area contributed by atoms with Crippen LogP contribution in [-0.4, -0.2) is 133 Å². The lowest BCUT2D eigenvalue weighted by molar-refractivity contribution is -0.0247. The number of rotatable bonds is 30. The lowest BCUT2D eigenvalue weighted by Gasteiger charge is -2.09. The molecule has 0 aliphatic rings. The first-order valence-corrected chi connectivity index (χ1v) is 13.4. The Bertz CT molecular complexity index is 594. The summed E-state index contributed by atoms with van der Waals surface area (Å²) in [7, 11) is 1.65. The lowest BCUT2D eigenvalue weighted by atomic mass is 10.1. The zero-order valence-corrected chi connectivity index (χ0v) is 23.1. The SMILES string of the molecule is COCCOCCOCCOCCOCCOCCOCCOCCOCCOc1ccc(CCN)cc1. The molecule has 2 N–H and O–H groups in total. The van der Waals surface area contributed by atoms with Gasteiger partial charge in [0.2, 0.25) is 0 Å². The van der Waals surface area contributed by atoms with Gasteiger partial charge in [-0.25, -0.2) is 0 Å². The third-order valence-electron chi connectivity index (χ3n) is 4.89. The molecule has 0 aliphatic carbocycles. The average Bonchev–Trinajstić information content (AvgIpc) is 2.93. The molecule has 0 spiro atoms. The molecule has 11 heteroatoms. The lowest BCUT2D eigenvalue weighted by Crippen LogP contribution is -2.15. The Kier molecular flexibility index (Phi) is 26.1. The van der Waals surface area contributed by atoms with Gasteiger partial charge in [-0.1, -0.05) is 12.1 Å². The van der Waals surface area contributed by atoms with Crippen LogP contribution in [0.25, 0.3) is 0 Å². The molecule has 0 unspecified atom stereocenters. The average molecular weight is 548 g/mol. The van der Waals surface area contributed by atoms with Gasteiger partial charge in [-0.2, -0.15) is 0 Å². The van der Waals surface area contributed by atoms with Gasteiger partial charge in [0.15, 0.2) is 0 Å². The normalized spacial score (nSPS) is 11.3. The Morgan fingerprint density at radius 2 is 0.763 bits per heavy atom. The van der Waals surface area contributed by atoms with Crippen molar-refractivity contribution in [3.8, 4) is 5.75 Å². The molecule has 0 saturated heterocycles. The number of nitrogens with two attached hydrogens (primary N) is 1. The van der Waals surface area contributed by atoms with Crippen molar-refractivity contribution < 1.29 is 47.4 Å². The Morgan fingerprint density at radius 3 is 1.08 bits per heavy atom. The van der Waals surface area contributed by atoms with Gasteiger partial charge < -0.3 is 53.1 Å². The highest BCUT2D eigenvalue weighted by molar-refractivity contribution is 5.27. The van der Waals surface area contributed by atoms with E-state index in [1.807, 2.05) is 24.3 Å². The third-order valence-corrected chi connectivity index (χ3v) is 4.89. The summed E-state index contributed by atoms with van der Waals surface area (Å²) in [5, 5.41) is 0. The molecule has 0 radical (unpaired) electrons. The molecule has 0 bridgehead atoms. The molecule has 38 heavy (non-hydrogen) atoms. The van der Waals surface area contributed by atoms with Gasteiger partial charge in [-0.15, -0.1) is 0 Å². The summed E-state index contributed by atoms with van der Waals surface area (Å²) in [6.45, 7) is 10.2. The molecule has 0 amide bonds. The van der Waals surface area contributed by atoms with Crippen LogP contribution in [0.1, 0.15) is 5.56 Å². The Labute approximate surface area is 228 Å². The van der Waals surface area contributed by atoms with Crippen LogP contribution in [0.2, 0.25) is 0 Å². The summed E-state index contributed by atoms with van der Waals surface area (Å²) in [5.41, 5.74) is 6.76. The largest absolute Gasteiger partial charge is 0.491 e. The van der Waals surface area contributed by atoms with Crippen molar-refractivity contribution in [1.82, 2.24) is 0 Å². The Balaban J connectivity index is 1.68. The second-order valence-corrected chi connectivity index (χ2v) is 7.92. The molecule has 0 saturated carbocycles. The van der Waals surface area contributed by atoms with Gasteiger partial charge in [0.05, 0.1) is 112 Å². The maximum absolute atomic E-state index is 5.64. The second-order valence-electron chi connectivity index (χ2n) is 7.92. The maximum Gasteiger partial charge on any atom is 0.119 e. The van der Waals surface area contributed by atoms with E-state index in [0.29, 0.717) is 125 Å². The van der Waals surface area contributed by atoms with Crippen LogP contribution in [0.5, 0.6) is 5.75 Å². The van der Waals surface area contributed by atoms with E-state index >= 15 is 0 Å². The van der Waals surface area contributed by atoms with Crippen LogP contribution < -0.4 is 10.5 Å². The van der Waals surface area contributed by atoms with E-state index in [-0.39, 0.29) is 0 Å². The topological polar surface area (TPSA) is 118 Å². The zero-order valence-electron chi connectivity index (χ0n) is 23.1. The van der Waals surface area contributed by atoms with Gasteiger partial charge in [0.1, 0.15) is 12.4 Å². The molecule has 1 aromatic carbocycles. The number of benzene rings is 1. The van der Waals surface area contributed by atoms with Crippen molar-refractivity contribution >= 4 is 0 Å². The highest BCUT2D eigenvalue weighted by Crippen LogP contribution is 2.12. The van der Waals surface area contributed by atoms with Crippen LogP contribution in [0.4, 0.5) is 0 Å². The van der Waals surface area contributed by atoms with Crippen LogP contribution in [0.3, 0.4) is 0 Å². The molecule has 222 valence electrons. The maximum atomic E-state index is 5.64. The molecule has 0 fully saturated rings. The van der Waals surface area contributed by atoms with Crippen molar-refractivity contribution in [2.75, 3.05) is 133 Å². The van der Waals surface area contributed by atoms with Crippen LogP contribution in [0, 0.1) is 0 Å². The fourth-order valence-corrected chi connectivity index (χ4v) is 2.92. The molecule has 0 aliphatic heterocycles. The Morgan fingerprint density at radius 1 is 0.447 bits per heavy atom. The van der Waals surface area contributed by atoms with E-state index in [4.69, 9.17) is 53.1 Å². The van der Waals surface area contributed by atoms with Crippen molar-refractivity contribution in [3.63, 3.8) is 0 Å². The Hall–Kier alpha value is -1.38. The van der Waals surface area contributed by atoms with Crippen LogP contribution in [0.15, 0.2) is 24.3 Å². The number of hydrogen-bond donors (Lipinski definition) is 1. The molecule has 1 rings (SSSR count). The summed E-state index contributed by atoms with van der Waals surface area (Å²) < 4.78 is 54.0. The summed E-state index contributed by atoms with van der Waals surface area (Å²) in [6.07, 6.45) is 0.876. The molecule has 1 aromatic rings. The highest BCUT2D eigenvalue weighted by Gasteiger charge is 1.97. The number of ether oxygens (including phenoxy) is 10. The molecule has 0 atom stereocenters. The predicted octanol–water partition coefficient (Wildman–Crippen LogP) is 1.35. The molecule has 0 aromatic heterocycles. The van der Waals surface area contributed by atoms with Gasteiger partial charge in [-0.3, -0.25) is 0 Å². The van der Waals surface area contributed by atoms with E-state index in [1.165, 1.54) is 5.56 Å². The minimum absolute atomic E-state index is 0.501. The summed E-state index contributed by atoms with van der Waals surface area (Å²) >= 11 is 0. The first-order chi connectivity index (χ1) is 18.9. The van der Waals surface area contributed by atoms with E-state index in [2.05, 4.69) is 0 Å². The number of methoxy groups -OCH3 is 1. The second kappa shape index (κ2) is 28.6. The quantitative estimate of drug-likeness (QED) is 0.141. The fourth-order valence-electron chi connectivity index (χ4n) is 2.92. The number of hydrogen-bond acceptors (Lipinski definition) is 11. The monoisotopic (exact) mass is 547 g/mol. The van der Waals surface area contributed by atoms with Gasteiger partial charge >= 0.3 is 0 Å². The van der Waals surface area contributed by atoms with Crippen molar-refractivity contribution in [3.05, 3.63) is 29.8 Å². The molecular formula is C27H49NO10. The van der Waals surface area contributed by atoms with E-state index in [9.17, 15) is 0 Å². The van der Waals surface area contributed by atoms with Gasteiger partial charge in [0.25, 0.3) is 0 Å². The molecule has 11 nitrogen and oxygen atoms in total. The molecular weight excluding hydrogens is 498 g/mol. The zero-order chi connectivity index (χ0) is 27.2. The van der Waals surface area contributed by atoms with Crippen LogP contribution >= 0.6 is 0 Å². The van der Waals surface area contributed by atoms with Gasteiger partial charge in [0, 0.05) is 7.11 Å². The minimum Gasteiger partial charge on any atom is -0.491 e. The van der Waals surface area contributed by atoms with Gasteiger partial charge in [-0.05, 0) is 30.7 Å². The van der Waals surface area contributed by atoms with Crippen molar-refractivity contribution in [1.29, 1.82) is 0 Å². The first kappa shape index (κ1) is 34.6. The first-order valence-electron chi connectivity index (χ1n) is 13.4. The summed E-state index contributed by atoms with van der Waals surface area (Å²) in [4.78, 5) is 0. The minimum atomic E-state index is 0.501. The van der Waals surface area contributed by atoms with E-state index in [1.54, 1.807) is 7.11 Å². The van der Waals surface area contributed by atoms with Crippen LogP contribution in [-0.2, 0) is 49.1 Å². The molecule has 0 heterocycles. The highest BCUT2D eigenvalue weighted by atomic mass is 16.6. The fraction of sp³-hybridized carbons (Fsp3) is 0.778. The van der Waals surface area contributed by atoms with E-state index < -0.39 is 0 Å². The van der Waals surface area contributed by atoms with E-state index in [0.717, 1.165) is 12.2 Å². The summed E-state index contributed by atoms with van der Waals surface area (Å²) in [5.74, 6) is 0.832. The van der Waals surface area contributed by atoms with Crippen molar-refractivity contribution in [2.24, 2.45) is 5.73 Å².